The third-order valence-electron chi connectivity index (χ3n) is 3.74. The Morgan fingerprint density at radius 1 is 1.11 bits per heavy atom. The van der Waals surface area contributed by atoms with Crippen molar-refractivity contribution in [2.24, 2.45) is 0 Å². The molecule has 3 rings (SSSR count). The second-order valence-corrected chi connectivity index (χ2v) is 6.48. The highest BCUT2D eigenvalue weighted by Gasteiger charge is 2.21. The third kappa shape index (κ3) is 2.35. The lowest BCUT2D eigenvalue weighted by molar-refractivity contribution is 0.618. The molecule has 0 bridgehead atoms. The number of hydrogen-bond acceptors (Lipinski definition) is 2. The summed E-state index contributed by atoms with van der Waals surface area (Å²) in [5.74, 6) is 1.31. The monoisotopic (exact) mass is 257 g/mol. The summed E-state index contributed by atoms with van der Waals surface area (Å²) in [6, 6.07) is 15.7. The first-order valence-electron chi connectivity index (χ1n) is 6.70. The van der Waals surface area contributed by atoms with Crippen LogP contribution in [0, 0.1) is 0 Å². The van der Waals surface area contributed by atoms with Crippen molar-refractivity contribution < 1.29 is 0 Å². The fourth-order valence-corrected chi connectivity index (χ4v) is 3.81. The maximum Gasteiger partial charge on any atom is 0.0422 e. The van der Waals surface area contributed by atoms with Gasteiger partial charge in [-0.1, -0.05) is 43.3 Å². The highest BCUT2D eigenvalue weighted by molar-refractivity contribution is 8.00. The zero-order valence-corrected chi connectivity index (χ0v) is 11.5. The van der Waals surface area contributed by atoms with Gasteiger partial charge in [0.05, 0.1) is 0 Å². The van der Waals surface area contributed by atoms with Crippen molar-refractivity contribution in [1.82, 2.24) is 0 Å². The van der Waals surface area contributed by atoms with Crippen LogP contribution < -0.4 is 5.32 Å². The molecule has 2 unspecified atom stereocenters. The Kier molecular flexibility index (Phi) is 3.46. The van der Waals surface area contributed by atoms with Crippen LogP contribution in [0.3, 0.4) is 0 Å². The molecule has 0 saturated carbocycles. The molecule has 2 aromatic carbocycles. The Morgan fingerprint density at radius 2 is 1.94 bits per heavy atom. The summed E-state index contributed by atoms with van der Waals surface area (Å²) in [4.78, 5) is 0. The van der Waals surface area contributed by atoms with E-state index in [-0.39, 0.29) is 0 Å². The van der Waals surface area contributed by atoms with Crippen molar-refractivity contribution in [3.63, 3.8) is 0 Å². The second kappa shape index (κ2) is 5.23. The summed E-state index contributed by atoms with van der Waals surface area (Å²) in [5.41, 5.74) is 1.28. The van der Waals surface area contributed by atoms with Crippen molar-refractivity contribution in [2.75, 3.05) is 11.1 Å². The molecule has 1 N–H and O–H groups in total. The van der Waals surface area contributed by atoms with E-state index in [1.807, 2.05) is 0 Å². The molecule has 1 fully saturated rings. The van der Waals surface area contributed by atoms with Crippen molar-refractivity contribution in [1.29, 1.82) is 0 Å². The van der Waals surface area contributed by atoms with Crippen LogP contribution in [-0.4, -0.2) is 17.0 Å². The van der Waals surface area contributed by atoms with Gasteiger partial charge < -0.3 is 5.32 Å². The summed E-state index contributed by atoms with van der Waals surface area (Å²) in [5, 5.41) is 7.11. The van der Waals surface area contributed by atoms with E-state index in [4.69, 9.17) is 0 Å². The van der Waals surface area contributed by atoms with Crippen molar-refractivity contribution in [3.05, 3.63) is 42.5 Å². The number of thioether (sulfide) groups is 1. The molecule has 0 aliphatic carbocycles. The summed E-state index contributed by atoms with van der Waals surface area (Å²) in [7, 11) is 0. The average Bonchev–Trinajstić information content (AvgIpc) is 2.42. The Balaban J connectivity index is 1.90. The van der Waals surface area contributed by atoms with E-state index in [1.54, 1.807) is 0 Å². The number of hydrogen-bond donors (Lipinski definition) is 1. The molecule has 0 radical (unpaired) electrons. The van der Waals surface area contributed by atoms with Gasteiger partial charge in [0.1, 0.15) is 0 Å². The number of fused-ring (bicyclic) bond motifs is 1. The standard InChI is InChI=1S/C16H19NS/c1-12-15(10-5-11-18-12)17-16-9-4-7-13-6-2-3-8-14(13)16/h2-4,6-9,12,15,17H,5,10-11H2,1H3. The molecule has 18 heavy (non-hydrogen) atoms. The van der Waals surface area contributed by atoms with Gasteiger partial charge in [0.15, 0.2) is 0 Å². The molecule has 1 nitrogen and oxygen atoms in total. The van der Waals surface area contributed by atoms with Crippen LogP contribution in [0.1, 0.15) is 19.8 Å². The maximum atomic E-state index is 3.75. The van der Waals surface area contributed by atoms with Gasteiger partial charge in [-0.25, -0.2) is 0 Å². The number of nitrogens with one attached hydrogen (secondary N) is 1. The van der Waals surface area contributed by atoms with Crippen molar-refractivity contribution in [3.8, 4) is 0 Å². The van der Waals surface area contributed by atoms with Crippen LogP contribution in [0.15, 0.2) is 42.5 Å². The van der Waals surface area contributed by atoms with E-state index in [2.05, 4.69) is 66.5 Å². The maximum absolute atomic E-state index is 3.75. The summed E-state index contributed by atoms with van der Waals surface area (Å²) in [6.07, 6.45) is 2.62. The molecular weight excluding hydrogens is 238 g/mol. The van der Waals surface area contributed by atoms with Crippen LogP contribution in [-0.2, 0) is 0 Å². The van der Waals surface area contributed by atoms with E-state index < -0.39 is 0 Å². The topological polar surface area (TPSA) is 12.0 Å². The molecule has 1 aliphatic rings. The normalized spacial score (nSPS) is 24.1. The molecule has 1 saturated heterocycles. The summed E-state index contributed by atoms with van der Waals surface area (Å²) in [6.45, 7) is 2.34. The van der Waals surface area contributed by atoms with Crippen molar-refractivity contribution in [2.45, 2.75) is 31.1 Å². The Hall–Kier alpha value is -1.15. The van der Waals surface area contributed by atoms with Crippen LogP contribution in [0.25, 0.3) is 10.8 Å². The SMILES string of the molecule is CC1SCCCC1Nc1cccc2ccccc12. The van der Waals surface area contributed by atoms with Gasteiger partial charge in [-0.05, 0) is 30.0 Å². The molecule has 2 aromatic rings. The first-order chi connectivity index (χ1) is 8.84. The highest BCUT2D eigenvalue weighted by Crippen LogP contribution is 2.30. The van der Waals surface area contributed by atoms with E-state index in [0.29, 0.717) is 11.3 Å². The zero-order valence-electron chi connectivity index (χ0n) is 10.7. The second-order valence-electron chi connectivity index (χ2n) is 5.00. The van der Waals surface area contributed by atoms with Crippen LogP contribution in [0.2, 0.25) is 0 Å². The van der Waals surface area contributed by atoms with Crippen LogP contribution in [0.5, 0.6) is 0 Å². The van der Waals surface area contributed by atoms with E-state index >= 15 is 0 Å². The molecule has 1 aliphatic heterocycles. The largest absolute Gasteiger partial charge is 0.381 e. The fourth-order valence-electron chi connectivity index (χ4n) is 2.66. The molecule has 94 valence electrons. The van der Waals surface area contributed by atoms with Gasteiger partial charge >= 0.3 is 0 Å². The fraction of sp³-hybridized carbons (Fsp3) is 0.375. The van der Waals surface area contributed by atoms with Crippen LogP contribution >= 0.6 is 11.8 Å². The molecule has 1 heterocycles. The smallest absolute Gasteiger partial charge is 0.0422 e. The van der Waals surface area contributed by atoms with E-state index in [1.165, 1.54) is 35.1 Å². The zero-order chi connectivity index (χ0) is 12.4. The van der Waals surface area contributed by atoms with Crippen LogP contribution in [0.4, 0.5) is 5.69 Å². The molecule has 0 aromatic heterocycles. The predicted octanol–water partition coefficient (Wildman–Crippen LogP) is 4.54. The lowest BCUT2D eigenvalue weighted by atomic mass is 10.1. The Labute approximate surface area is 113 Å². The van der Waals surface area contributed by atoms with Gasteiger partial charge in [-0.3, -0.25) is 0 Å². The van der Waals surface area contributed by atoms with Gasteiger partial charge in [-0.2, -0.15) is 11.8 Å². The number of rotatable bonds is 2. The van der Waals surface area contributed by atoms with Gasteiger partial charge in [0, 0.05) is 22.4 Å². The first-order valence-corrected chi connectivity index (χ1v) is 7.75. The van der Waals surface area contributed by atoms with Crippen molar-refractivity contribution >= 4 is 28.2 Å². The Bertz CT molecular complexity index is 532. The van der Waals surface area contributed by atoms with Gasteiger partial charge in [0.2, 0.25) is 0 Å². The van der Waals surface area contributed by atoms with Gasteiger partial charge in [0.25, 0.3) is 0 Å². The quantitative estimate of drug-likeness (QED) is 0.848. The summed E-state index contributed by atoms with van der Waals surface area (Å²) < 4.78 is 0. The molecule has 2 heteroatoms. The average molecular weight is 257 g/mol. The third-order valence-corrected chi connectivity index (χ3v) is 5.12. The molecule has 0 spiro atoms. The van der Waals surface area contributed by atoms with E-state index in [9.17, 15) is 0 Å². The summed E-state index contributed by atoms with van der Waals surface area (Å²) >= 11 is 2.09. The number of benzene rings is 2. The minimum absolute atomic E-state index is 0.606. The molecular formula is C16H19NS. The minimum Gasteiger partial charge on any atom is -0.381 e. The molecule has 2 atom stereocenters. The molecule has 0 amide bonds. The highest BCUT2D eigenvalue weighted by atomic mass is 32.2. The predicted molar refractivity (Wildman–Crippen MR) is 82.5 cm³/mol. The first kappa shape index (κ1) is 11.9. The lowest BCUT2D eigenvalue weighted by Crippen LogP contribution is -2.32. The lowest BCUT2D eigenvalue weighted by Gasteiger charge is -2.30. The Morgan fingerprint density at radius 3 is 2.83 bits per heavy atom. The minimum atomic E-state index is 0.606. The van der Waals surface area contributed by atoms with E-state index in [0.717, 1.165) is 0 Å². The van der Waals surface area contributed by atoms with Gasteiger partial charge in [-0.15, -0.1) is 0 Å². The number of anilines is 1.